The lowest BCUT2D eigenvalue weighted by molar-refractivity contribution is -0.140. The number of sulfonamides is 1. The second-order valence-corrected chi connectivity index (χ2v) is 6.56. The van der Waals surface area contributed by atoms with Crippen molar-refractivity contribution in [1.29, 1.82) is 0 Å². The van der Waals surface area contributed by atoms with Crippen LogP contribution < -0.4 is 4.72 Å². The van der Waals surface area contributed by atoms with Crippen LogP contribution in [0, 0.1) is 5.92 Å². The minimum Gasteiger partial charge on any atom is -0.480 e. The maximum absolute atomic E-state index is 12.4. The van der Waals surface area contributed by atoms with Gasteiger partial charge in [-0.2, -0.15) is 4.72 Å². The number of nitrogens with one attached hydrogen (secondary N) is 2. The molecular weight excluding hydrogens is 294 g/mol. The maximum Gasteiger partial charge on any atom is 0.322 e. The van der Waals surface area contributed by atoms with Gasteiger partial charge < -0.3 is 10.1 Å². The van der Waals surface area contributed by atoms with Crippen LogP contribution in [-0.2, 0) is 14.8 Å². The predicted molar refractivity (Wildman–Crippen MR) is 77.3 cm³/mol. The zero-order valence-corrected chi connectivity index (χ0v) is 12.5. The Balaban J connectivity index is 2.40. The summed E-state index contributed by atoms with van der Waals surface area (Å²) >= 11 is 0. The molecule has 0 aromatic carbocycles. The Bertz CT molecular complexity index is 754. The molecule has 0 spiro atoms. The van der Waals surface area contributed by atoms with E-state index in [1.165, 1.54) is 6.20 Å². The molecule has 0 aliphatic heterocycles. The largest absolute Gasteiger partial charge is 0.480 e. The first-order valence-electron chi connectivity index (χ1n) is 6.54. The molecule has 7 nitrogen and oxygen atoms in total. The molecule has 0 aliphatic rings. The van der Waals surface area contributed by atoms with E-state index in [9.17, 15) is 18.3 Å². The number of aromatic amines is 1. The lowest BCUT2D eigenvalue weighted by Crippen LogP contribution is -2.44. The van der Waals surface area contributed by atoms with E-state index < -0.39 is 22.0 Å². The molecule has 0 radical (unpaired) electrons. The van der Waals surface area contributed by atoms with E-state index in [0.717, 1.165) is 0 Å². The van der Waals surface area contributed by atoms with Gasteiger partial charge in [0.25, 0.3) is 0 Å². The summed E-state index contributed by atoms with van der Waals surface area (Å²) in [5.41, 5.74) is 0.438. The molecule has 0 saturated heterocycles. The van der Waals surface area contributed by atoms with Crippen LogP contribution in [0.3, 0.4) is 0 Å². The Morgan fingerprint density at radius 3 is 2.86 bits per heavy atom. The Hall–Kier alpha value is -1.93. The third-order valence-corrected chi connectivity index (χ3v) is 4.94. The van der Waals surface area contributed by atoms with Crippen molar-refractivity contribution < 1.29 is 18.3 Å². The standard InChI is InChI=1S/C13H17N3O4S/c1-3-8(2)11(13(17)18)16-21(19,20)10-7-15-12-9(10)5-4-6-14-12/h4-8,11,16H,3H2,1-2H3,(H,14,15)(H,17,18)/t8-,11-/m0/s1. The number of carboxylic acid groups (broad SMARTS) is 1. The summed E-state index contributed by atoms with van der Waals surface area (Å²) in [6, 6.07) is 2.08. The van der Waals surface area contributed by atoms with Crippen molar-refractivity contribution in [2.75, 3.05) is 0 Å². The predicted octanol–water partition coefficient (Wildman–Crippen LogP) is 1.34. The van der Waals surface area contributed by atoms with Gasteiger partial charge >= 0.3 is 5.97 Å². The third kappa shape index (κ3) is 3.06. The number of H-pyrrole nitrogens is 1. The monoisotopic (exact) mass is 311 g/mol. The molecule has 2 heterocycles. The SMILES string of the molecule is CC[C@H](C)[C@H](NS(=O)(=O)c1c[nH]c2ncccc12)C(=O)O. The number of carbonyl (C=O) groups is 1. The van der Waals surface area contributed by atoms with Gasteiger partial charge in [-0.25, -0.2) is 13.4 Å². The van der Waals surface area contributed by atoms with Crippen LogP contribution in [0.4, 0.5) is 0 Å². The van der Waals surface area contributed by atoms with E-state index in [1.54, 1.807) is 25.3 Å². The van der Waals surface area contributed by atoms with E-state index in [-0.39, 0.29) is 10.8 Å². The molecule has 0 unspecified atom stereocenters. The van der Waals surface area contributed by atoms with Crippen LogP contribution >= 0.6 is 0 Å². The number of carboxylic acids is 1. The number of fused-ring (bicyclic) bond motifs is 1. The van der Waals surface area contributed by atoms with Crippen molar-refractivity contribution in [3.63, 3.8) is 0 Å². The summed E-state index contributed by atoms with van der Waals surface area (Å²) in [5, 5.41) is 9.63. The molecule has 0 saturated carbocycles. The highest BCUT2D eigenvalue weighted by Crippen LogP contribution is 2.22. The van der Waals surface area contributed by atoms with Crippen LogP contribution in [0.15, 0.2) is 29.4 Å². The highest BCUT2D eigenvalue weighted by molar-refractivity contribution is 7.89. The molecule has 8 heteroatoms. The van der Waals surface area contributed by atoms with Crippen molar-refractivity contribution in [1.82, 2.24) is 14.7 Å². The zero-order chi connectivity index (χ0) is 15.6. The van der Waals surface area contributed by atoms with E-state index in [0.29, 0.717) is 17.5 Å². The Labute approximate surface area is 122 Å². The van der Waals surface area contributed by atoms with Crippen molar-refractivity contribution in [2.24, 2.45) is 5.92 Å². The molecule has 3 N–H and O–H groups in total. The Kier molecular flexibility index (Phi) is 4.29. The van der Waals surface area contributed by atoms with Gasteiger partial charge in [-0.05, 0) is 18.1 Å². The smallest absolute Gasteiger partial charge is 0.322 e. The first kappa shape index (κ1) is 15.5. The second kappa shape index (κ2) is 5.82. The van der Waals surface area contributed by atoms with Crippen molar-refractivity contribution in [3.05, 3.63) is 24.5 Å². The third-order valence-electron chi connectivity index (χ3n) is 3.46. The fourth-order valence-corrected chi connectivity index (χ4v) is 3.49. The summed E-state index contributed by atoms with van der Waals surface area (Å²) in [4.78, 5) is 18.0. The van der Waals surface area contributed by atoms with E-state index in [1.807, 2.05) is 6.92 Å². The topological polar surface area (TPSA) is 112 Å². The molecule has 0 aliphatic carbocycles. The summed E-state index contributed by atoms with van der Waals surface area (Å²) < 4.78 is 27.1. The number of rotatable bonds is 6. The van der Waals surface area contributed by atoms with Gasteiger partial charge in [0, 0.05) is 17.8 Å². The fourth-order valence-electron chi connectivity index (χ4n) is 2.03. The molecule has 2 aromatic rings. The first-order chi connectivity index (χ1) is 9.86. The molecule has 2 atom stereocenters. The van der Waals surface area contributed by atoms with Gasteiger partial charge in [0.2, 0.25) is 10.0 Å². The number of nitrogens with zero attached hydrogens (tertiary/aromatic N) is 1. The van der Waals surface area contributed by atoms with Gasteiger partial charge in [0.05, 0.1) is 0 Å². The van der Waals surface area contributed by atoms with Crippen LogP contribution in [0.25, 0.3) is 11.0 Å². The normalized spacial score (nSPS) is 15.0. The molecule has 0 amide bonds. The average Bonchev–Trinajstić information content (AvgIpc) is 2.88. The first-order valence-corrected chi connectivity index (χ1v) is 8.02. The van der Waals surface area contributed by atoms with E-state index in [2.05, 4.69) is 14.7 Å². The zero-order valence-electron chi connectivity index (χ0n) is 11.7. The fraction of sp³-hybridized carbons (Fsp3) is 0.385. The van der Waals surface area contributed by atoms with Crippen molar-refractivity contribution >= 4 is 27.0 Å². The van der Waals surface area contributed by atoms with Crippen molar-refractivity contribution in [2.45, 2.75) is 31.2 Å². The lowest BCUT2D eigenvalue weighted by atomic mass is 10.0. The molecule has 114 valence electrons. The summed E-state index contributed by atoms with van der Waals surface area (Å²) in [5.74, 6) is -1.51. The minimum atomic E-state index is -3.94. The average molecular weight is 311 g/mol. The van der Waals surface area contributed by atoms with E-state index >= 15 is 0 Å². The number of hydrogen-bond acceptors (Lipinski definition) is 4. The van der Waals surface area contributed by atoms with Crippen LogP contribution in [-0.4, -0.2) is 35.5 Å². The van der Waals surface area contributed by atoms with Crippen LogP contribution in [0.1, 0.15) is 20.3 Å². The quantitative estimate of drug-likeness (QED) is 0.745. The Morgan fingerprint density at radius 2 is 2.24 bits per heavy atom. The number of hydrogen-bond donors (Lipinski definition) is 3. The molecule has 0 fully saturated rings. The van der Waals surface area contributed by atoms with Gasteiger partial charge in [-0.1, -0.05) is 20.3 Å². The highest BCUT2D eigenvalue weighted by atomic mass is 32.2. The number of pyridine rings is 1. The van der Waals surface area contributed by atoms with Gasteiger partial charge in [-0.3, -0.25) is 4.79 Å². The number of aliphatic carboxylic acids is 1. The number of aromatic nitrogens is 2. The summed E-state index contributed by atoms with van der Waals surface area (Å²) in [7, 11) is -3.94. The van der Waals surface area contributed by atoms with Gasteiger partial charge in [0.1, 0.15) is 16.6 Å². The van der Waals surface area contributed by atoms with Crippen molar-refractivity contribution in [3.8, 4) is 0 Å². The van der Waals surface area contributed by atoms with Crippen LogP contribution in [0.5, 0.6) is 0 Å². The van der Waals surface area contributed by atoms with Gasteiger partial charge in [0.15, 0.2) is 0 Å². The van der Waals surface area contributed by atoms with E-state index in [4.69, 9.17) is 0 Å². The Morgan fingerprint density at radius 1 is 1.52 bits per heavy atom. The minimum absolute atomic E-state index is 0.000142. The second-order valence-electron chi connectivity index (χ2n) is 4.88. The van der Waals surface area contributed by atoms with Crippen LogP contribution in [0.2, 0.25) is 0 Å². The molecule has 0 bridgehead atoms. The lowest BCUT2D eigenvalue weighted by Gasteiger charge is -2.19. The highest BCUT2D eigenvalue weighted by Gasteiger charge is 2.30. The summed E-state index contributed by atoms with van der Waals surface area (Å²) in [6.07, 6.45) is 3.41. The molecule has 2 aromatic heterocycles. The summed E-state index contributed by atoms with van der Waals surface area (Å²) in [6.45, 7) is 3.50. The molecule has 21 heavy (non-hydrogen) atoms. The molecule has 2 rings (SSSR count). The molecular formula is C13H17N3O4S. The maximum atomic E-state index is 12.4. The van der Waals surface area contributed by atoms with Gasteiger partial charge in [-0.15, -0.1) is 0 Å².